The maximum absolute atomic E-state index is 13.9. The average molecular weight is 576 g/mol. The van der Waals surface area contributed by atoms with E-state index in [9.17, 15) is 18.8 Å². The highest BCUT2D eigenvalue weighted by Gasteiger charge is 2.54. The molecular weight excluding hydrogens is 545 g/mol. The number of benzene rings is 3. The standard InChI is InChI=1S/C31H30FN3O7/c1-39-24-9-5-21(6-10-24)29(37)34-14-12-31(13-15-34)35(30(38)22-3-7-23(32)8-4-22)25(18-42-31)28(36)33-17-20-2-11-26-27(16-20)41-19-40-26/h2-11,16,25H,12-15,17-19H2,1H3,(H,33,36)/t25-/m1/s1. The van der Waals surface area contributed by atoms with Gasteiger partial charge < -0.3 is 29.2 Å². The van der Waals surface area contributed by atoms with E-state index in [0.29, 0.717) is 48.7 Å². The van der Waals surface area contributed by atoms with Crippen LogP contribution in [0.2, 0.25) is 0 Å². The van der Waals surface area contributed by atoms with Crippen molar-refractivity contribution in [1.29, 1.82) is 0 Å². The highest BCUT2D eigenvalue weighted by Crippen LogP contribution is 2.39. The molecule has 2 fully saturated rings. The Balaban J connectivity index is 1.19. The number of fused-ring (bicyclic) bond motifs is 1. The number of hydrogen-bond donors (Lipinski definition) is 1. The normalized spacial score (nSPS) is 18.7. The lowest BCUT2D eigenvalue weighted by atomic mass is 9.96. The molecule has 0 saturated carbocycles. The summed E-state index contributed by atoms with van der Waals surface area (Å²) in [5, 5.41) is 2.91. The fourth-order valence-electron chi connectivity index (χ4n) is 5.63. The van der Waals surface area contributed by atoms with Crippen LogP contribution in [-0.4, -0.2) is 72.9 Å². The number of rotatable bonds is 6. The first-order valence-electron chi connectivity index (χ1n) is 13.7. The Morgan fingerprint density at radius 2 is 1.60 bits per heavy atom. The average Bonchev–Trinajstić information content (AvgIpc) is 3.64. The van der Waals surface area contributed by atoms with Gasteiger partial charge in [0, 0.05) is 43.6 Å². The molecule has 11 heteroatoms. The summed E-state index contributed by atoms with van der Waals surface area (Å²) in [6.07, 6.45) is 0.627. The Hall–Kier alpha value is -4.64. The van der Waals surface area contributed by atoms with Gasteiger partial charge in [-0.25, -0.2) is 4.39 Å². The monoisotopic (exact) mass is 575 g/mol. The second-order valence-corrected chi connectivity index (χ2v) is 10.4. The van der Waals surface area contributed by atoms with Crippen LogP contribution in [-0.2, 0) is 16.1 Å². The summed E-state index contributed by atoms with van der Waals surface area (Å²) >= 11 is 0. The van der Waals surface area contributed by atoms with E-state index in [1.165, 1.54) is 29.2 Å². The van der Waals surface area contributed by atoms with Crippen molar-refractivity contribution < 1.29 is 37.7 Å². The summed E-state index contributed by atoms with van der Waals surface area (Å²) < 4.78 is 35.9. The van der Waals surface area contributed by atoms with Crippen molar-refractivity contribution in [1.82, 2.24) is 15.1 Å². The minimum Gasteiger partial charge on any atom is -0.497 e. The van der Waals surface area contributed by atoms with Gasteiger partial charge in [0.1, 0.15) is 23.3 Å². The van der Waals surface area contributed by atoms with Crippen LogP contribution in [0.3, 0.4) is 0 Å². The molecule has 3 aliphatic heterocycles. The Labute approximate surface area is 241 Å². The number of ether oxygens (including phenoxy) is 4. The third-order valence-electron chi connectivity index (χ3n) is 7.95. The minimum atomic E-state index is -1.09. The van der Waals surface area contributed by atoms with E-state index in [4.69, 9.17) is 18.9 Å². The second-order valence-electron chi connectivity index (χ2n) is 10.4. The van der Waals surface area contributed by atoms with Crippen molar-refractivity contribution >= 4 is 17.7 Å². The van der Waals surface area contributed by atoms with E-state index in [-0.39, 0.29) is 37.3 Å². The molecule has 6 rings (SSSR count). The van der Waals surface area contributed by atoms with Crippen molar-refractivity contribution in [3.8, 4) is 17.2 Å². The molecule has 10 nitrogen and oxygen atoms in total. The number of likely N-dealkylation sites (tertiary alicyclic amines) is 1. The van der Waals surface area contributed by atoms with Crippen LogP contribution in [0.4, 0.5) is 4.39 Å². The van der Waals surface area contributed by atoms with Gasteiger partial charge in [0.2, 0.25) is 12.7 Å². The highest BCUT2D eigenvalue weighted by atomic mass is 19.1. The summed E-state index contributed by atoms with van der Waals surface area (Å²) in [4.78, 5) is 43.8. The largest absolute Gasteiger partial charge is 0.497 e. The number of amides is 3. The van der Waals surface area contributed by atoms with Gasteiger partial charge in [-0.15, -0.1) is 0 Å². The fourth-order valence-corrected chi connectivity index (χ4v) is 5.63. The molecule has 3 aromatic carbocycles. The van der Waals surface area contributed by atoms with Gasteiger partial charge in [0.05, 0.1) is 13.7 Å². The van der Waals surface area contributed by atoms with Crippen LogP contribution >= 0.6 is 0 Å². The smallest absolute Gasteiger partial charge is 0.256 e. The number of nitrogens with one attached hydrogen (secondary N) is 1. The van der Waals surface area contributed by atoms with Crippen LogP contribution in [0.1, 0.15) is 39.1 Å². The van der Waals surface area contributed by atoms with E-state index >= 15 is 0 Å². The van der Waals surface area contributed by atoms with Crippen LogP contribution in [0.15, 0.2) is 66.7 Å². The van der Waals surface area contributed by atoms with E-state index in [2.05, 4.69) is 5.32 Å². The summed E-state index contributed by atoms with van der Waals surface area (Å²) in [6, 6.07) is 16.6. The van der Waals surface area contributed by atoms with E-state index in [0.717, 1.165) is 5.56 Å². The molecule has 2 saturated heterocycles. The Bertz CT molecular complexity index is 1490. The number of carbonyl (C=O) groups is 3. The second kappa shape index (κ2) is 11.3. The van der Waals surface area contributed by atoms with Crippen LogP contribution in [0, 0.1) is 5.82 Å². The summed E-state index contributed by atoms with van der Waals surface area (Å²) in [5.41, 5.74) is 0.483. The van der Waals surface area contributed by atoms with Crippen molar-refractivity contribution in [2.24, 2.45) is 0 Å². The third-order valence-corrected chi connectivity index (χ3v) is 7.95. The van der Waals surface area contributed by atoms with Gasteiger partial charge in [-0.2, -0.15) is 0 Å². The molecule has 3 aliphatic rings. The van der Waals surface area contributed by atoms with Crippen LogP contribution < -0.4 is 19.5 Å². The van der Waals surface area contributed by atoms with Gasteiger partial charge in [0.15, 0.2) is 11.5 Å². The molecule has 3 aromatic rings. The van der Waals surface area contributed by atoms with Crippen molar-refractivity contribution in [3.63, 3.8) is 0 Å². The quantitative estimate of drug-likeness (QED) is 0.481. The Morgan fingerprint density at radius 3 is 2.31 bits per heavy atom. The van der Waals surface area contributed by atoms with Gasteiger partial charge in [-0.05, 0) is 66.2 Å². The Morgan fingerprint density at radius 1 is 0.929 bits per heavy atom. The number of halogens is 1. The first-order valence-corrected chi connectivity index (χ1v) is 13.7. The van der Waals surface area contributed by atoms with E-state index in [1.54, 1.807) is 48.4 Å². The number of methoxy groups -OCH3 is 1. The molecule has 0 aromatic heterocycles. The van der Waals surface area contributed by atoms with Gasteiger partial charge in [-0.3, -0.25) is 19.3 Å². The molecule has 0 aliphatic carbocycles. The van der Waals surface area contributed by atoms with E-state index < -0.39 is 23.5 Å². The number of piperidine rings is 1. The fraction of sp³-hybridized carbons (Fsp3) is 0.323. The molecular formula is C31H30FN3O7. The Kier molecular flexibility index (Phi) is 7.42. The third kappa shape index (κ3) is 5.23. The predicted octanol–water partition coefficient (Wildman–Crippen LogP) is 3.35. The van der Waals surface area contributed by atoms with Crippen molar-refractivity contribution in [3.05, 3.63) is 89.2 Å². The molecule has 1 atom stereocenters. The molecule has 1 N–H and O–H groups in total. The van der Waals surface area contributed by atoms with Gasteiger partial charge in [0.25, 0.3) is 11.8 Å². The lowest BCUT2D eigenvalue weighted by Crippen LogP contribution is -2.59. The summed E-state index contributed by atoms with van der Waals surface area (Å²) in [5.74, 6) is 0.476. The van der Waals surface area contributed by atoms with Crippen LogP contribution in [0.25, 0.3) is 0 Å². The molecule has 42 heavy (non-hydrogen) atoms. The molecule has 3 amide bonds. The molecule has 1 spiro atoms. The zero-order chi connectivity index (χ0) is 29.3. The zero-order valence-corrected chi connectivity index (χ0v) is 23.0. The van der Waals surface area contributed by atoms with E-state index in [1.807, 2.05) is 6.07 Å². The lowest BCUT2D eigenvalue weighted by molar-refractivity contribution is -0.128. The van der Waals surface area contributed by atoms with Crippen molar-refractivity contribution in [2.75, 3.05) is 33.6 Å². The van der Waals surface area contributed by atoms with Crippen LogP contribution in [0.5, 0.6) is 17.2 Å². The van der Waals surface area contributed by atoms with Crippen molar-refractivity contribution in [2.45, 2.75) is 31.2 Å². The first-order chi connectivity index (χ1) is 20.4. The SMILES string of the molecule is COc1ccc(C(=O)N2CCC3(CC2)OC[C@H](C(=O)NCc2ccc4c(c2)OCO4)N3C(=O)c2ccc(F)cc2)cc1. The summed E-state index contributed by atoms with van der Waals surface area (Å²) in [6.45, 7) is 0.997. The molecule has 0 radical (unpaired) electrons. The highest BCUT2D eigenvalue weighted by molar-refractivity contribution is 5.98. The molecule has 0 bridgehead atoms. The lowest BCUT2D eigenvalue weighted by Gasteiger charge is -2.44. The molecule has 3 heterocycles. The number of nitrogens with zero attached hydrogens (tertiary/aromatic N) is 2. The molecule has 218 valence electrons. The van der Waals surface area contributed by atoms with Gasteiger partial charge >= 0.3 is 0 Å². The summed E-state index contributed by atoms with van der Waals surface area (Å²) in [7, 11) is 1.56. The predicted molar refractivity (Wildman–Crippen MR) is 148 cm³/mol. The number of hydrogen-bond acceptors (Lipinski definition) is 7. The zero-order valence-electron chi connectivity index (χ0n) is 23.0. The minimum absolute atomic E-state index is 0.00761. The number of carbonyl (C=O) groups excluding carboxylic acids is 3. The topological polar surface area (TPSA) is 107 Å². The van der Waals surface area contributed by atoms with Gasteiger partial charge in [-0.1, -0.05) is 6.07 Å². The first kappa shape index (κ1) is 27.5. The maximum atomic E-state index is 13.9. The molecule has 0 unspecified atom stereocenters. The maximum Gasteiger partial charge on any atom is 0.256 e.